The summed E-state index contributed by atoms with van der Waals surface area (Å²) in [5.41, 5.74) is 4.28. The highest BCUT2D eigenvalue weighted by Crippen LogP contribution is 2.20. The highest BCUT2D eigenvalue weighted by molar-refractivity contribution is 6.31. The Morgan fingerprint density at radius 1 is 1.13 bits per heavy atom. The minimum Gasteiger partial charge on any atom is -0.325 e. The number of amides is 1. The first-order chi connectivity index (χ1) is 11.0. The van der Waals surface area contributed by atoms with Crippen LogP contribution in [0.3, 0.4) is 0 Å². The maximum absolute atomic E-state index is 12.3. The fourth-order valence-corrected chi connectivity index (χ4v) is 2.60. The molecule has 0 aliphatic rings. The summed E-state index contributed by atoms with van der Waals surface area (Å²) in [4.78, 5) is 14.4. The highest BCUT2D eigenvalue weighted by Gasteiger charge is 2.12. The van der Waals surface area contributed by atoms with Crippen LogP contribution in [0.5, 0.6) is 0 Å². The van der Waals surface area contributed by atoms with Gasteiger partial charge in [0, 0.05) is 17.3 Å². The molecule has 0 aromatic heterocycles. The standard InChI is InChI=1S/C19H23ClN2O/c1-4-22(12-16-8-6-5-7-14(16)2)13-19(23)21-18-11-17(20)10-9-15(18)3/h5-11H,4,12-13H2,1-3H3,(H,21,23). The Labute approximate surface area is 143 Å². The first-order valence-electron chi connectivity index (χ1n) is 7.82. The summed E-state index contributed by atoms with van der Waals surface area (Å²) in [7, 11) is 0. The van der Waals surface area contributed by atoms with Crippen LogP contribution in [0.2, 0.25) is 5.02 Å². The number of aryl methyl sites for hydroxylation is 2. The van der Waals surface area contributed by atoms with Crippen LogP contribution in [0, 0.1) is 13.8 Å². The Hall–Kier alpha value is -1.84. The molecule has 1 N–H and O–H groups in total. The van der Waals surface area contributed by atoms with Gasteiger partial charge in [-0.05, 0) is 49.2 Å². The Bertz CT molecular complexity index is 685. The summed E-state index contributed by atoms with van der Waals surface area (Å²) in [6.07, 6.45) is 0. The minimum atomic E-state index is -0.0224. The minimum absolute atomic E-state index is 0.0224. The van der Waals surface area contributed by atoms with E-state index < -0.39 is 0 Å². The van der Waals surface area contributed by atoms with Crippen LogP contribution in [0.4, 0.5) is 5.69 Å². The van der Waals surface area contributed by atoms with Crippen molar-refractivity contribution in [2.24, 2.45) is 0 Å². The van der Waals surface area contributed by atoms with Crippen molar-refractivity contribution in [3.63, 3.8) is 0 Å². The van der Waals surface area contributed by atoms with Crippen molar-refractivity contribution in [3.05, 3.63) is 64.2 Å². The summed E-state index contributed by atoms with van der Waals surface area (Å²) in [5, 5.41) is 3.57. The quantitative estimate of drug-likeness (QED) is 0.850. The maximum atomic E-state index is 12.3. The first-order valence-corrected chi connectivity index (χ1v) is 8.20. The number of hydrogen-bond acceptors (Lipinski definition) is 2. The molecular weight excluding hydrogens is 308 g/mol. The van der Waals surface area contributed by atoms with Gasteiger partial charge in [0.15, 0.2) is 0 Å². The van der Waals surface area contributed by atoms with Gasteiger partial charge in [-0.1, -0.05) is 48.9 Å². The molecule has 0 aliphatic carbocycles. The van der Waals surface area contributed by atoms with Crippen LogP contribution in [0.1, 0.15) is 23.6 Å². The zero-order valence-corrected chi connectivity index (χ0v) is 14.7. The maximum Gasteiger partial charge on any atom is 0.238 e. The van der Waals surface area contributed by atoms with E-state index in [0.29, 0.717) is 11.6 Å². The van der Waals surface area contributed by atoms with Crippen LogP contribution < -0.4 is 5.32 Å². The number of halogens is 1. The molecule has 2 rings (SSSR count). The number of nitrogens with zero attached hydrogens (tertiary/aromatic N) is 1. The number of likely N-dealkylation sites (N-methyl/N-ethyl adjacent to an activating group) is 1. The van der Waals surface area contributed by atoms with E-state index in [1.807, 2.05) is 31.2 Å². The molecule has 23 heavy (non-hydrogen) atoms. The SMILES string of the molecule is CCN(CC(=O)Nc1cc(Cl)ccc1C)Cc1ccccc1C. The smallest absolute Gasteiger partial charge is 0.238 e. The molecule has 0 saturated heterocycles. The lowest BCUT2D eigenvalue weighted by atomic mass is 10.1. The fraction of sp³-hybridized carbons (Fsp3) is 0.316. The van der Waals surface area contributed by atoms with Gasteiger partial charge >= 0.3 is 0 Å². The molecule has 0 spiro atoms. The molecule has 0 heterocycles. The van der Waals surface area contributed by atoms with Crippen LogP contribution >= 0.6 is 11.6 Å². The Morgan fingerprint density at radius 3 is 2.57 bits per heavy atom. The predicted octanol–water partition coefficient (Wildman–Crippen LogP) is 4.42. The lowest BCUT2D eigenvalue weighted by Gasteiger charge is -2.21. The molecule has 0 radical (unpaired) electrons. The van der Waals surface area contributed by atoms with E-state index in [4.69, 9.17) is 11.6 Å². The van der Waals surface area contributed by atoms with E-state index in [9.17, 15) is 4.79 Å². The summed E-state index contributed by atoms with van der Waals surface area (Å²) in [6.45, 7) is 8.06. The number of nitrogens with one attached hydrogen (secondary N) is 1. The number of rotatable bonds is 6. The lowest BCUT2D eigenvalue weighted by molar-refractivity contribution is -0.117. The zero-order valence-electron chi connectivity index (χ0n) is 13.9. The Balaban J connectivity index is 2.00. The van der Waals surface area contributed by atoms with Crippen LogP contribution in [-0.2, 0) is 11.3 Å². The van der Waals surface area contributed by atoms with Gasteiger partial charge in [-0.3, -0.25) is 9.69 Å². The second-order valence-electron chi connectivity index (χ2n) is 5.74. The molecule has 0 unspecified atom stereocenters. The zero-order chi connectivity index (χ0) is 16.8. The van der Waals surface area contributed by atoms with Crippen LogP contribution in [0.25, 0.3) is 0 Å². The molecule has 0 fully saturated rings. The normalized spacial score (nSPS) is 10.8. The van der Waals surface area contributed by atoms with Crippen molar-refractivity contribution in [2.75, 3.05) is 18.4 Å². The number of carbonyl (C=O) groups excluding carboxylic acids is 1. The van der Waals surface area contributed by atoms with Gasteiger partial charge in [0.05, 0.1) is 6.54 Å². The molecule has 1 amide bonds. The van der Waals surface area contributed by atoms with E-state index in [1.54, 1.807) is 6.07 Å². The number of benzene rings is 2. The molecule has 4 heteroatoms. The molecule has 122 valence electrons. The topological polar surface area (TPSA) is 32.3 Å². The van der Waals surface area contributed by atoms with E-state index >= 15 is 0 Å². The van der Waals surface area contributed by atoms with Crippen LogP contribution in [0.15, 0.2) is 42.5 Å². The Kier molecular flexibility index (Phi) is 6.20. The molecule has 0 atom stereocenters. The van der Waals surface area contributed by atoms with Gasteiger partial charge in [-0.2, -0.15) is 0 Å². The van der Waals surface area contributed by atoms with Crippen molar-refractivity contribution < 1.29 is 4.79 Å². The van der Waals surface area contributed by atoms with E-state index in [1.165, 1.54) is 11.1 Å². The Morgan fingerprint density at radius 2 is 1.87 bits per heavy atom. The second-order valence-corrected chi connectivity index (χ2v) is 6.17. The molecule has 2 aromatic rings. The highest BCUT2D eigenvalue weighted by atomic mass is 35.5. The van der Waals surface area contributed by atoms with Crippen molar-refractivity contribution in [3.8, 4) is 0 Å². The number of carbonyl (C=O) groups is 1. The van der Waals surface area contributed by atoms with Gasteiger partial charge in [0.1, 0.15) is 0 Å². The van der Waals surface area contributed by atoms with E-state index in [0.717, 1.165) is 24.3 Å². The number of anilines is 1. The fourth-order valence-electron chi connectivity index (χ4n) is 2.43. The molecule has 0 saturated carbocycles. The van der Waals surface area contributed by atoms with Gasteiger partial charge in [0.2, 0.25) is 5.91 Å². The van der Waals surface area contributed by atoms with Crippen molar-refractivity contribution >= 4 is 23.2 Å². The first kappa shape index (κ1) is 17.5. The molecule has 2 aromatic carbocycles. The third kappa shape index (κ3) is 5.08. The average Bonchev–Trinajstić information content (AvgIpc) is 2.52. The largest absolute Gasteiger partial charge is 0.325 e. The van der Waals surface area contributed by atoms with E-state index in [2.05, 4.69) is 36.2 Å². The molecular formula is C19H23ClN2O. The molecule has 0 aliphatic heterocycles. The van der Waals surface area contributed by atoms with Crippen molar-refractivity contribution in [1.82, 2.24) is 4.90 Å². The summed E-state index contributed by atoms with van der Waals surface area (Å²) >= 11 is 6.00. The lowest BCUT2D eigenvalue weighted by Crippen LogP contribution is -2.33. The second kappa shape index (κ2) is 8.14. The van der Waals surface area contributed by atoms with Gasteiger partial charge in [-0.15, -0.1) is 0 Å². The van der Waals surface area contributed by atoms with Crippen molar-refractivity contribution in [2.45, 2.75) is 27.3 Å². The predicted molar refractivity (Wildman–Crippen MR) is 96.9 cm³/mol. The summed E-state index contributed by atoms with van der Waals surface area (Å²) in [6, 6.07) is 13.8. The monoisotopic (exact) mass is 330 g/mol. The van der Waals surface area contributed by atoms with Gasteiger partial charge < -0.3 is 5.32 Å². The average molecular weight is 331 g/mol. The molecule has 0 bridgehead atoms. The molecule has 3 nitrogen and oxygen atoms in total. The third-order valence-electron chi connectivity index (χ3n) is 3.94. The van der Waals surface area contributed by atoms with Gasteiger partial charge in [-0.25, -0.2) is 0 Å². The summed E-state index contributed by atoms with van der Waals surface area (Å²) < 4.78 is 0. The van der Waals surface area contributed by atoms with Gasteiger partial charge in [0.25, 0.3) is 0 Å². The van der Waals surface area contributed by atoms with Crippen LogP contribution in [-0.4, -0.2) is 23.9 Å². The summed E-state index contributed by atoms with van der Waals surface area (Å²) in [5.74, 6) is -0.0224. The van der Waals surface area contributed by atoms with E-state index in [-0.39, 0.29) is 5.91 Å². The van der Waals surface area contributed by atoms with Crippen molar-refractivity contribution in [1.29, 1.82) is 0 Å². The number of hydrogen-bond donors (Lipinski definition) is 1. The third-order valence-corrected chi connectivity index (χ3v) is 4.18.